The second-order valence-corrected chi connectivity index (χ2v) is 5.21. The van der Waals surface area contributed by atoms with E-state index in [1.165, 1.54) is 19.3 Å². The zero-order valence-corrected chi connectivity index (χ0v) is 9.86. The van der Waals surface area contributed by atoms with Crippen LogP contribution in [-0.4, -0.2) is 23.8 Å². The quantitative estimate of drug-likeness (QED) is 0.801. The van der Waals surface area contributed by atoms with Gasteiger partial charge in [0.05, 0.1) is 12.0 Å². The number of rotatable bonds is 4. The van der Waals surface area contributed by atoms with Crippen LogP contribution in [0.1, 0.15) is 51.4 Å². The molecule has 1 N–H and O–H groups in total. The van der Waals surface area contributed by atoms with E-state index < -0.39 is 5.97 Å². The fourth-order valence-corrected chi connectivity index (χ4v) is 3.13. The van der Waals surface area contributed by atoms with Gasteiger partial charge in [-0.1, -0.05) is 12.8 Å². The Balaban J connectivity index is 1.88. The van der Waals surface area contributed by atoms with Gasteiger partial charge in [0.25, 0.3) is 0 Å². The molecular formula is C13H22O3. The maximum Gasteiger partial charge on any atom is 0.306 e. The maximum absolute atomic E-state index is 11.3. The van der Waals surface area contributed by atoms with Gasteiger partial charge in [0.15, 0.2) is 0 Å². The Morgan fingerprint density at radius 1 is 1.19 bits per heavy atom. The molecule has 2 aliphatic rings. The Bertz CT molecular complexity index is 227. The average Bonchev–Trinajstić information content (AvgIpc) is 2.80. The van der Waals surface area contributed by atoms with Crippen LogP contribution in [-0.2, 0) is 9.53 Å². The van der Waals surface area contributed by atoms with Crippen LogP contribution < -0.4 is 0 Å². The second-order valence-electron chi connectivity index (χ2n) is 5.21. The Morgan fingerprint density at radius 3 is 2.44 bits per heavy atom. The number of hydrogen-bond donors (Lipinski definition) is 1. The zero-order valence-electron chi connectivity index (χ0n) is 9.86. The first-order chi connectivity index (χ1) is 7.77. The highest BCUT2D eigenvalue weighted by Gasteiger charge is 2.33. The minimum atomic E-state index is -0.610. The molecule has 2 fully saturated rings. The molecule has 0 aromatic heterocycles. The molecule has 0 aromatic carbocycles. The third kappa shape index (κ3) is 2.97. The third-order valence-corrected chi connectivity index (χ3v) is 4.08. The Labute approximate surface area is 97.2 Å². The van der Waals surface area contributed by atoms with Crippen LogP contribution in [0.3, 0.4) is 0 Å². The van der Waals surface area contributed by atoms with Crippen molar-refractivity contribution >= 4 is 5.97 Å². The predicted molar refractivity (Wildman–Crippen MR) is 61.3 cm³/mol. The van der Waals surface area contributed by atoms with Crippen molar-refractivity contribution in [2.75, 3.05) is 6.61 Å². The topological polar surface area (TPSA) is 46.5 Å². The van der Waals surface area contributed by atoms with Gasteiger partial charge in [0.1, 0.15) is 0 Å². The molecular weight excluding hydrogens is 204 g/mol. The van der Waals surface area contributed by atoms with Gasteiger partial charge in [-0.2, -0.15) is 0 Å². The second kappa shape index (κ2) is 5.67. The summed E-state index contributed by atoms with van der Waals surface area (Å²) in [7, 11) is 0. The van der Waals surface area contributed by atoms with E-state index in [4.69, 9.17) is 4.74 Å². The summed E-state index contributed by atoms with van der Waals surface area (Å²) >= 11 is 0. The average molecular weight is 226 g/mol. The number of aliphatic carboxylic acids is 1. The lowest BCUT2D eigenvalue weighted by molar-refractivity contribution is -0.145. The zero-order chi connectivity index (χ0) is 11.4. The van der Waals surface area contributed by atoms with Gasteiger partial charge in [-0.25, -0.2) is 0 Å². The van der Waals surface area contributed by atoms with Crippen LogP contribution in [0.2, 0.25) is 0 Å². The summed E-state index contributed by atoms with van der Waals surface area (Å²) < 4.78 is 5.65. The monoisotopic (exact) mass is 226 g/mol. The lowest BCUT2D eigenvalue weighted by atomic mass is 9.85. The summed E-state index contributed by atoms with van der Waals surface area (Å²) in [6.07, 6.45) is 8.94. The molecule has 0 bridgehead atoms. The Morgan fingerprint density at radius 2 is 1.88 bits per heavy atom. The molecule has 2 rings (SSSR count). The highest BCUT2D eigenvalue weighted by atomic mass is 16.5. The van der Waals surface area contributed by atoms with Crippen molar-refractivity contribution in [3.05, 3.63) is 0 Å². The summed E-state index contributed by atoms with van der Waals surface area (Å²) in [6, 6.07) is 0. The van der Waals surface area contributed by atoms with E-state index in [0.29, 0.717) is 5.92 Å². The van der Waals surface area contributed by atoms with E-state index in [1.54, 1.807) is 0 Å². The molecule has 1 saturated carbocycles. The number of carbonyl (C=O) groups is 1. The van der Waals surface area contributed by atoms with Crippen molar-refractivity contribution in [3.63, 3.8) is 0 Å². The number of carboxylic acid groups (broad SMARTS) is 1. The fourth-order valence-electron chi connectivity index (χ4n) is 3.13. The summed E-state index contributed by atoms with van der Waals surface area (Å²) in [6.45, 7) is 0.821. The van der Waals surface area contributed by atoms with E-state index >= 15 is 0 Å². The lowest BCUT2D eigenvalue weighted by Crippen LogP contribution is -2.29. The first kappa shape index (κ1) is 11.9. The van der Waals surface area contributed by atoms with E-state index in [9.17, 15) is 9.90 Å². The van der Waals surface area contributed by atoms with Crippen molar-refractivity contribution in [1.29, 1.82) is 0 Å². The van der Waals surface area contributed by atoms with Crippen LogP contribution in [0, 0.1) is 11.8 Å². The number of carboxylic acids is 1. The van der Waals surface area contributed by atoms with Crippen molar-refractivity contribution in [2.24, 2.45) is 11.8 Å². The van der Waals surface area contributed by atoms with Crippen LogP contribution in [0.25, 0.3) is 0 Å². The van der Waals surface area contributed by atoms with Crippen molar-refractivity contribution in [1.82, 2.24) is 0 Å². The SMILES string of the molecule is O=C(O)C(CC1CCCCO1)C1CCCC1. The molecule has 1 heterocycles. The van der Waals surface area contributed by atoms with Gasteiger partial charge in [-0.3, -0.25) is 4.79 Å². The normalized spacial score (nSPS) is 29.1. The van der Waals surface area contributed by atoms with Gasteiger partial charge in [-0.15, -0.1) is 0 Å². The third-order valence-electron chi connectivity index (χ3n) is 4.08. The first-order valence-electron chi connectivity index (χ1n) is 6.62. The van der Waals surface area contributed by atoms with Crippen molar-refractivity contribution < 1.29 is 14.6 Å². The first-order valence-corrected chi connectivity index (χ1v) is 6.62. The van der Waals surface area contributed by atoms with Crippen LogP contribution in [0.15, 0.2) is 0 Å². The van der Waals surface area contributed by atoms with Gasteiger partial charge in [0, 0.05) is 6.61 Å². The predicted octanol–water partition coefficient (Wildman–Crippen LogP) is 2.84. The molecule has 1 aliphatic carbocycles. The molecule has 16 heavy (non-hydrogen) atoms. The molecule has 2 unspecified atom stereocenters. The number of hydrogen-bond acceptors (Lipinski definition) is 2. The minimum absolute atomic E-state index is 0.161. The molecule has 92 valence electrons. The molecule has 1 aliphatic heterocycles. The molecule has 0 spiro atoms. The molecule has 0 radical (unpaired) electrons. The van der Waals surface area contributed by atoms with Crippen molar-refractivity contribution in [2.45, 2.75) is 57.5 Å². The van der Waals surface area contributed by atoms with Crippen LogP contribution >= 0.6 is 0 Å². The summed E-state index contributed by atoms with van der Waals surface area (Å²) in [5.74, 6) is -0.366. The highest BCUT2D eigenvalue weighted by molar-refractivity contribution is 5.70. The van der Waals surface area contributed by atoms with Gasteiger partial charge >= 0.3 is 5.97 Å². The largest absolute Gasteiger partial charge is 0.481 e. The molecule has 0 aromatic rings. The molecule has 2 atom stereocenters. The lowest BCUT2D eigenvalue weighted by Gasteiger charge is -2.27. The highest BCUT2D eigenvalue weighted by Crippen LogP contribution is 2.35. The smallest absolute Gasteiger partial charge is 0.306 e. The molecule has 3 heteroatoms. The van der Waals surface area contributed by atoms with E-state index in [2.05, 4.69) is 0 Å². The van der Waals surface area contributed by atoms with Crippen LogP contribution in [0.5, 0.6) is 0 Å². The molecule has 0 amide bonds. The van der Waals surface area contributed by atoms with E-state index in [-0.39, 0.29) is 12.0 Å². The van der Waals surface area contributed by atoms with E-state index in [1.807, 2.05) is 0 Å². The maximum atomic E-state index is 11.3. The summed E-state index contributed by atoms with van der Waals surface area (Å²) in [4.78, 5) is 11.3. The summed E-state index contributed by atoms with van der Waals surface area (Å²) in [5, 5.41) is 9.31. The Hall–Kier alpha value is -0.570. The molecule has 3 nitrogen and oxygen atoms in total. The van der Waals surface area contributed by atoms with Gasteiger partial charge < -0.3 is 9.84 Å². The van der Waals surface area contributed by atoms with Gasteiger partial charge in [0.2, 0.25) is 0 Å². The fraction of sp³-hybridized carbons (Fsp3) is 0.923. The van der Waals surface area contributed by atoms with Crippen molar-refractivity contribution in [3.8, 4) is 0 Å². The van der Waals surface area contributed by atoms with Gasteiger partial charge in [-0.05, 0) is 44.4 Å². The summed E-state index contributed by atoms with van der Waals surface area (Å²) in [5.41, 5.74) is 0. The number of ether oxygens (including phenoxy) is 1. The van der Waals surface area contributed by atoms with E-state index in [0.717, 1.165) is 38.7 Å². The minimum Gasteiger partial charge on any atom is -0.481 e. The standard InChI is InChI=1S/C13H22O3/c14-13(15)12(10-5-1-2-6-10)9-11-7-3-4-8-16-11/h10-12H,1-9H2,(H,14,15). The van der Waals surface area contributed by atoms with Crippen LogP contribution in [0.4, 0.5) is 0 Å². The molecule has 1 saturated heterocycles. The Kier molecular flexibility index (Phi) is 4.22.